The van der Waals surface area contributed by atoms with Crippen molar-refractivity contribution in [1.29, 1.82) is 0 Å². The first kappa shape index (κ1) is 12.9. The predicted molar refractivity (Wildman–Crippen MR) is 81.7 cm³/mol. The van der Waals surface area contributed by atoms with Crippen molar-refractivity contribution in [3.8, 4) is 0 Å². The SMILES string of the molecule is O=C(C1CCCCC1)N1CCn2c(nc3ccccc32)C1. The molecule has 0 bridgehead atoms. The summed E-state index contributed by atoms with van der Waals surface area (Å²) in [4.78, 5) is 19.4. The summed E-state index contributed by atoms with van der Waals surface area (Å²) in [7, 11) is 0. The number of hydrogen-bond donors (Lipinski definition) is 0. The highest BCUT2D eigenvalue weighted by Gasteiger charge is 2.29. The molecule has 1 aromatic carbocycles. The molecule has 4 rings (SSSR count). The topological polar surface area (TPSA) is 38.1 Å². The fraction of sp³-hybridized carbons (Fsp3) is 0.529. The van der Waals surface area contributed by atoms with Crippen LogP contribution in [0.5, 0.6) is 0 Å². The summed E-state index contributed by atoms with van der Waals surface area (Å²) >= 11 is 0. The molecule has 21 heavy (non-hydrogen) atoms. The van der Waals surface area contributed by atoms with Crippen LogP contribution < -0.4 is 0 Å². The largest absolute Gasteiger partial charge is 0.333 e. The van der Waals surface area contributed by atoms with Gasteiger partial charge in [0.1, 0.15) is 5.82 Å². The third kappa shape index (κ3) is 2.23. The lowest BCUT2D eigenvalue weighted by Gasteiger charge is -2.32. The highest BCUT2D eigenvalue weighted by molar-refractivity contribution is 5.80. The fourth-order valence-corrected chi connectivity index (χ4v) is 3.76. The van der Waals surface area contributed by atoms with Gasteiger partial charge in [0, 0.05) is 19.0 Å². The van der Waals surface area contributed by atoms with Crippen molar-refractivity contribution in [1.82, 2.24) is 14.5 Å². The first-order valence-corrected chi connectivity index (χ1v) is 8.06. The lowest BCUT2D eigenvalue weighted by molar-refractivity contribution is -0.138. The van der Waals surface area contributed by atoms with Gasteiger partial charge >= 0.3 is 0 Å². The van der Waals surface area contributed by atoms with E-state index in [0.29, 0.717) is 12.5 Å². The van der Waals surface area contributed by atoms with Crippen LogP contribution in [-0.4, -0.2) is 26.9 Å². The molecule has 4 nitrogen and oxygen atoms in total. The third-order valence-corrected chi connectivity index (χ3v) is 4.93. The molecule has 110 valence electrons. The smallest absolute Gasteiger partial charge is 0.226 e. The van der Waals surface area contributed by atoms with Crippen LogP contribution in [0, 0.1) is 5.92 Å². The van der Waals surface area contributed by atoms with E-state index < -0.39 is 0 Å². The van der Waals surface area contributed by atoms with Crippen molar-refractivity contribution >= 4 is 16.9 Å². The Morgan fingerprint density at radius 2 is 1.90 bits per heavy atom. The maximum absolute atomic E-state index is 12.7. The van der Waals surface area contributed by atoms with Gasteiger partial charge in [0.2, 0.25) is 5.91 Å². The second kappa shape index (κ2) is 5.17. The molecule has 2 aliphatic rings. The van der Waals surface area contributed by atoms with Gasteiger partial charge in [-0.25, -0.2) is 4.98 Å². The zero-order chi connectivity index (χ0) is 14.2. The molecule has 1 amide bonds. The highest BCUT2D eigenvalue weighted by Crippen LogP contribution is 2.27. The van der Waals surface area contributed by atoms with Crippen molar-refractivity contribution in [3.63, 3.8) is 0 Å². The average molecular weight is 283 g/mol. The molecule has 2 aromatic rings. The van der Waals surface area contributed by atoms with E-state index in [1.54, 1.807) is 0 Å². The van der Waals surface area contributed by atoms with E-state index in [9.17, 15) is 4.79 Å². The Morgan fingerprint density at radius 3 is 2.76 bits per heavy atom. The maximum atomic E-state index is 12.7. The molecule has 0 unspecified atom stereocenters. The van der Waals surface area contributed by atoms with Gasteiger partial charge in [0.05, 0.1) is 17.6 Å². The first-order valence-electron chi connectivity index (χ1n) is 8.06. The molecule has 4 heteroatoms. The van der Waals surface area contributed by atoms with Crippen molar-refractivity contribution < 1.29 is 4.79 Å². The number of para-hydroxylation sites is 2. The van der Waals surface area contributed by atoms with Gasteiger partial charge in [-0.15, -0.1) is 0 Å². The molecular weight excluding hydrogens is 262 g/mol. The summed E-state index contributed by atoms with van der Waals surface area (Å²) in [5.41, 5.74) is 2.23. The minimum absolute atomic E-state index is 0.259. The number of hydrogen-bond acceptors (Lipinski definition) is 2. The zero-order valence-electron chi connectivity index (χ0n) is 12.3. The number of fused-ring (bicyclic) bond motifs is 3. The van der Waals surface area contributed by atoms with E-state index in [0.717, 1.165) is 37.3 Å². The molecule has 0 N–H and O–H groups in total. The van der Waals surface area contributed by atoms with Crippen LogP contribution in [0.15, 0.2) is 24.3 Å². The predicted octanol–water partition coefficient (Wildman–Crippen LogP) is 2.96. The Labute approximate surface area is 124 Å². The standard InChI is InChI=1S/C17H21N3O/c21-17(13-6-2-1-3-7-13)19-10-11-20-15-9-5-4-8-14(15)18-16(20)12-19/h4-5,8-9,13H,1-3,6-7,10-12H2. The van der Waals surface area contributed by atoms with Gasteiger partial charge in [-0.2, -0.15) is 0 Å². The Bertz CT molecular complexity index is 670. The molecule has 2 heterocycles. The van der Waals surface area contributed by atoms with Crippen LogP contribution >= 0.6 is 0 Å². The second-order valence-corrected chi connectivity index (χ2v) is 6.26. The number of imidazole rings is 1. The number of rotatable bonds is 1. The quantitative estimate of drug-likeness (QED) is 0.807. The maximum Gasteiger partial charge on any atom is 0.226 e. The van der Waals surface area contributed by atoms with Crippen LogP contribution in [0.2, 0.25) is 0 Å². The molecule has 1 fully saturated rings. The molecule has 1 aliphatic heterocycles. The van der Waals surface area contributed by atoms with Gasteiger partial charge in [-0.05, 0) is 25.0 Å². The van der Waals surface area contributed by atoms with Gasteiger partial charge in [-0.3, -0.25) is 4.79 Å². The Hall–Kier alpha value is -1.84. The van der Waals surface area contributed by atoms with Crippen LogP contribution in [0.3, 0.4) is 0 Å². The molecule has 1 aromatic heterocycles. The van der Waals surface area contributed by atoms with Crippen LogP contribution in [0.25, 0.3) is 11.0 Å². The number of nitrogens with zero attached hydrogens (tertiary/aromatic N) is 3. The monoisotopic (exact) mass is 283 g/mol. The van der Waals surface area contributed by atoms with Gasteiger partial charge in [0.15, 0.2) is 0 Å². The Balaban J connectivity index is 1.57. The highest BCUT2D eigenvalue weighted by atomic mass is 16.2. The molecule has 0 radical (unpaired) electrons. The lowest BCUT2D eigenvalue weighted by Crippen LogP contribution is -2.42. The fourth-order valence-electron chi connectivity index (χ4n) is 3.76. The number of amides is 1. The molecule has 0 saturated heterocycles. The second-order valence-electron chi connectivity index (χ2n) is 6.26. The average Bonchev–Trinajstić information content (AvgIpc) is 2.92. The van der Waals surface area contributed by atoms with E-state index in [-0.39, 0.29) is 5.92 Å². The van der Waals surface area contributed by atoms with Crippen molar-refractivity contribution in [3.05, 3.63) is 30.1 Å². The minimum atomic E-state index is 0.259. The van der Waals surface area contributed by atoms with Crippen molar-refractivity contribution in [2.45, 2.75) is 45.2 Å². The molecule has 0 spiro atoms. The normalized spacial score (nSPS) is 19.7. The van der Waals surface area contributed by atoms with E-state index in [4.69, 9.17) is 4.98 Å². The van der Waals surface area contributed by atoms with Crippen molar-refractivity contribution in [2.75, 3.05) is 6.54 Å². The Kier molecular flexibility index (Phi) is 3.17. The lowest BCUT2D eigenvalue weighted by atomic mass is 9.88. The minimum Gasteiger partial charge on any atom is -0.333 e. The van der Waals surface area contributed by atoms with Crippen LogP contribution in [0.1, 0.15) is 37.9 Å². The summed E-state index contributed by atoms with van der Waals surface area (Å²) in [5, 5.41) is 0. The number of carbonyl (C=O) groups excluding carboxylic acids is 1. The van der Waals surface area contributed by atoms with E-state index in [1.165, 1.54) is 24.8 Å². The summed E-state index contributed by atoms with van der Waals surface area (Å²) in [6.07, 6.45) is 5.86. The number of benzene rings is 1. The zero-order valence-corrected chi connectivity index (χ0v) is 12.3. The van der Waals surface area contributed by atoms with E-state index >= 15 is 0 Å². The summed E-state index contributed by atoms with van der Waals surface area (Å²) < 4.78 is 2.26. The molecule has 0 atom stereocenters. The number of aromatic nitrogens is 2. The summed E-state index contributed by atoms with van der Waals surface area (Å²) in [6, 6.07) is 8.24. The molecule has 1 aliphatic carbocycles. The van der Waals surface area contributed by atoms with E-state index in [1.807, 2.05) is 17.0 Å². The van der Waals surface area contributed by atoms with Gasteiger partial charge in [-0.1, -0.05) is 31.4 Å². The molecule has 1 saturated carbocycles. The third-order valence-electron chi connectivity index (χ3n) is 4.93. The van der Waals surface area contributed by atoms with Crippen LogP contribution in [0.4, 0.5) is 0 Å². The van der Waals surface area contributed by atoms with Gasteiger partial charge in [0.25, 0.3) is 0 Å². The summed E-state index contributed by atoms with van der Waals surface area (Å²) in [6.45, 7) is 2.36. The Morgan fingerprint density at radius 1 is 1.10 bits per heavy atom. The summed E-state index contributed by atoms with van der Waals surface area (Å²) in [5.74, 6) is 1.65. The number of carbonyl (C=O) groups is 1. The molecular formula is C17H21N3O. The van der Waals surface area contributed by atoms with Crippen molar-refractivity contribution in [2.24, 2.45) is 5.92 Å². The van der Waals surface area contributed by atoms with E-state index in [2.05, 4.69) is 16.7 Å². The van der Waals surface area contributed by atoms with Crippen LogP contribution in [-0.2, 0) is 17.9 Å². The first-order chi connectivity index (χ1) is 10.3. The van der Waals surface area contributed by atoms with Gasteiger partial charge < -0.3 is 9.47 Å².